The Morgan fingerprint density at radius 1 is 1.52 bits per heavy atom. The number of H-pyrrole nitrogens is 1. The zero-order valence-electron chi connectivity index (χ0n) is 14.5. The van der Waals surface area contributed by atoms with Crippen molar-refractivity contribution in [3.05, 3.63) is 53.9 Å². The summed E-state index contributed by atoms with van der Waals surface area (Å²) in [6.45, 7) is 6.42. The second-order valence-electron chi connectivity index (χ2n) is 6.23. The van der Waals surface area contributed by atoms with Crippen molar-refractivity contribution < 1.29 is 0 Å². The molecular weight excluding hydrogens is 312 g/mol. The Hall–Kier alpha value is -2.46. The van der Waals surface area contributed by atoms with Gasteiger partial charge in [0.2, 0.25) is 0 Å². The summed E-state index contributed by atoms with van der Waals surface area (Å²) in [5.41, 5.74) is 21.0. The minimum Gasteiger partial charge on any atom is -0.385 e. The first-order valence-electron chi connectivity index (χ1n) is 8.46. The van der Waals surface area contributed by atoms with Gasteiger partial charge in [0.1, 0.15) is 12.0 Å². The van der Waals surface area contributed by atoms with Crippen LogP contribution in [0.25, 0.3) is 0 Å². The number of terminal acetylenes is 1. The predicted octanol–water partition coefficient (Wildman–Crippen LogP) is 1.33. The first-order valence-corrected chi connectivity index (χ1v) is 8.46. The number of nitrogens with two attached hydrogens (primary N) is 3. The smallest absolute Gasteiger partial charge is 0.107 e. The van der Waals surface area contributed by atoms with E-state index >= 15 is 0 Å². The van der Waals surface area contributed by atoms with Gasteiger partial charge >= 0.3 is 0 Å². The van der Waals surface area contributed by atoms with Crippen molar-refractivity contribution in [1.82, 2.24) is 15.2 Å². The van der Waals surface area contributed by atoms with Gasteiger partial charge < -0.3 is 27.5 Å². The third-order valence-corrected chi connectivity index (χ3v) is 4.38. The number of hydrogen-bond acceptors (Lipinski definition) is 5. The summed E-state index contributed by atoms with van der Waals surface area (Å²) in [7, 11) is 0. The van der Waals surface area contributed by atoms with Gasteiger partial charge in [0.25, 0.3) is 0 Å². The predicted molar refractivity (Wildman–Crippen MR) is 104 cm³/mol. The lowest BCUT2D eigenvalue weighted by atomic mass is 10.0. The maximum absolute atomic E-state index is 6.28. The van der Waals surface area contributed by atoms with Crippen molar-refractivity contribution in [2.24, 2.45) is 11.5 Å². The number of piperidine rings is 1. The standard InChI is InChI=1S/C19H28N6/c1-3-5-14(4-2)6-9-23-18(21)17-15(12-24-19(17)22)13-25-10-7-16(20)8-11-25/h2-3,5-6,9,12,16,18,23-24H,1,7-8,10-11,13,20-22H2/b9-6+,14-5-/t18-/m1/s1. The molecule has 6 heteroatoms. The Morgan fingerprint density at radius 2 is 2.24 bits per heavy atom. The molecule has 1 atom stereocenters. The summed E-state index contributed by atoms with van der Waals surface area (Å²) < 4.78 is 0. The minimum absolute atomic E-state index is 0.315. The topological polar surface area (TPSA) is 109 Å². The van der Waals surface area contributed by atoms with Crippen molar-refractivity contribution in [3.63, 3.8) is 0 Å². The average molecular weight is 340 g/mol. The number of aromatic nitrogens is 1. The molecule has 0 spiro atoms. The van der Waals surface area contributed by atoms with E-state index in [2.05, 4.69) is 27.7 Å². The molecule has 1 fully saturated rings. The quantitative estimate of drug-likeness (QED) is 0.292. The van der Waals surface area contributed by atoms with Crippen molar-refractivity contribution in [2.45, 2.75) is 31.6 Å². The van der Waals surface area contributed by atoms with E-state index in [4.69, 9.17) is 23.6 Å². The van der Waals surface area contributed by atoms with E-state index in [-0.39, 0.29) is 0 Å². The minimum atomic E-state index is -0.424. The highest BCUT2D eigenvalue weighted by Crippen LogP contribution is 2.24. The molecule has 1 aromatic rings. The van der Waals surface area contributed by atoms with Gasteiger partial charge in [0.15, 0.2) is 0 Å². The largest absolute Gasteiger partial charge is 0.385 e. The zero-order valence-corrected chi connectivity index (χ0v) is 14.5. The van der Waals surface area contributed by atoms with Gasteiger partial charge in [0.05, 0.1) is 0 Å². The van der Waals surface area contributed by atoms with Crippen LogP contribution in [0, 0.1) is 12.3 Å². The monoisotopic (exact) mass is 340 g/mol. The van der Waals surface area contributed by atoms with E-state index in [0.717, 1.165) is 43.6 Å². The summed E-state index contributed by atoms with van der Waals surface area (Å²) in [6, 6.07) is 0.315. The van der Waals surface area contributed by atoms with Crippen LogP contribution < -0.4 is 22.5 Å². The maximum Gasteiger partial charge on any atom is 0.107 e. The number of anilines is 1. The third-order valence-electron chi connectivity index (χ3n) is 4.38. The molecule has 0 radical (unpaired) electrons. The van der Waals surface area contributed by atoms with E-state index in [0.29, 0.717) is 17.4 Å². The number of likely N-dealkylation sites (tertiary alicyclic amines) is 1. The van der Waals surface area contributed by atoms with Gasteiger partial charge in [-0.3, -0.25) is 4.90 Å². The summed E-state index contributed by atoms with van der Waals surface area (Å²) in [5.74, 6) is 3.15. The van der Waals surface area contributed by atoms with Crippen LogP contribution >= 0.6 is 0 Å². The molecule has 0 bridgehead atoms. The first kappa shape index (κ1) is 18.9. The van der Waals surface area contributed by atoms with Crippen LogP contribution in [-0.2, 0) is 6.54 Å². The Labute approximate surface area is 149 Å². The SMILES string of the molecule is C#CC(/C=C/N[C@@H](N)c1c(CN2CCC(N)CC2)c[nH]c1N)=C/C=C. The normalized spacial score (nSPS) is 18.2. The third kappa shape index (κ3) is 5.26. The van der Waals surface area contributed by atoms with Crippen LogP contribution in [0.2, 0.25) is 0 Å². The molecule has 2 heterocycles. The molecular formula is C19H28N6. The molecule has 1 aromatic heterocycles. The number of hydrogen-bond donors (Lipinski definition) is 5. The van der Waals surface area contributed by atoms with Gasteiger partial charge in [-0.1, -0.05) is 18.6 Å². The summed E-state index contributed by atoms with van der Waals surface area (Å²) >= 11 is 0. The number of rotatable bonds is 7. The Bertz CT molecular complexity index is 671. The summed E-state index contributed by atoms with van der Waals surface area (Å²) in [5, 5.41) is 3.12. The Kier molecular flexibility index (Phi) is 6.90. The van der Waals surface area contributed by atoms with Crippen LogP contribution in [0.4, 0.5) is 5.82 Å². The fraction of sp³-hybridized carbons (Fsp3) is 0.368. The highest BCUT2D eigenvalue weighted by Gasteiger charge is 2.20. The van der Waals surface area contributed by atoms with Crippen molar-refractivity contribution >= 4 is 5.82 Å². The maximum atomic E-state index is 6.28. The van der Waals surface area contributed by atoms with E-state index in [1.807, 2.05) is 6.20 Å². The van der Waals surface area contributed by atoms with Crippen LogP contribution in [0.5, 0.6) is 0 Å². The van der Waals surface area contributed by atoms with Crippen LogP contribution in [0.15, 0.2) is 42.8 Å². The highest BCUT2D eigenvalue weighted by atomic mass is 15.1. The molecule has 0 unspecified atom stereocenters. The van der Waals surface area contributed by atoms with Crippen molar-refractivity contribution in [2.75, 3.05) is 18.8 Å². The molecule has 0 saturated carbocycles. The summed E-state index contributed by atoms with van der Waals surface area (Å²) in [4.78, 5) is 5.45. The van der Waals surface area contributed by atoms with Gasteiger partial charge in [0, 0.05) is 29.9 Å². The van der Waals surface area contributed by atoms with Gasteiger partial charge in [-0.2, -0.15) is 0 Å². The fourth-order valence-corrected chi connectivity index (χ4v) is 2.95. The molecule has 6 nitrogen and oxygen atoms in total. The number of nitrogens with one attached hydrogen (secondary N) is 2. The van der Waals surface area contributed by atoms with Crippen LogP contribution in [0.1, 0.15) is 30.1 Å². The first-order chi connectivity index (χ1) is 12.0. The number of aromatic amines is 1. The lowest BCUT2D eigenvalue weighted by Crippen LogP contribution is -2.39. The van der Waals surface area contributed by atoms with E-state index in [9.17, 15) is 0 Å². The summed E-state index contributed by atoms with van der Waals surface area (Å²) in [6.07, 6.45) is 15.9. The molecule has 1 saturated heterocycles. The highest BCUT2D eigenvalue weighted by molar-refractivity contribution is 5.48. The molecule has 2 rings (SSSR count). The van der Waals surface area contributed by atoms with Crippen LogP contribution in [-0.4, -0.2) is 29.0 Å². The van der Waals surface area contributed by atoms with Crippen molar-refractivity contribution in [1.29, 1.82) is 0 Å². The molecule has 1 aliphatic heterocycles. The lowest BCUT2D eigenvalue weighted by Gasteiger charge is -2.30. The Morgan fingerprint density at radius 3 is 2.88 bits per heavy atom. The fourth-order valence-electron chi connectivity index (χ4n) is 2.95. The Balaban J connectivity index is 2.02. The van der Waals surface area contributed by atoms with Gasteiger partial charge in [-0.15, -0.1) is 6.42 Å². The average Bonchev–Trinajstić information content (AvgIpc) is 2.96. The van der Waals surface area contributed by atoms with E-state index < -0.39 is 6.17 Å². The molecule has 0 amide bonds. The van der Waals surface area contributed by atoms with Crippen molar-refractivity contribution in [3.8, 4) is 12.3 Å². The van der Waals surface area contributed by atoms with Gasteiger partial charge in [-0.25, -0.2) is 0 Å². The zero-order chi connectivity index (χ0) is 18.2. The molecule has 8 N–H and O–H groups in total. The number of allylic oxidation sites excluding steroid dienone is 4. The van der Waals surface area contributed by atoms with Gasteiger partial charge in [-0.05, 0) is 49.8 Å². The number of nitrogen functional groups attached to an aromatic ring is 1. The molecule has 0 aromatic carbocycles. The second-order valence-corrected chi connectivity index (χ2v) is 6.23. The molecule has 0 aliphatic carbocycles. The number of nitrogens with zero attached hydrogens (tertiary/aromatic N) is 1. The molecule has 25 heavy (non-hydrogen) atoms. The lowest BCUT2D eigenvalue weighted by molar-refractivity contribution is 0.205. The van der Waals surface area contributed by atoms with Crippen LogP contribution in [0.3, 0.4) is 0 Å². The van der Waals surface area contributed by atoms with E-state index in [1.165, 1.54) is 0 Å². The molecule has 134 valence electrons. The van der Waals surface area contributed by atoms with E-state index in [1.54, 1.807) is 24.4 Å². The second kappa shape index (κ2) is 9.14. The molecule has 1 aliphatic rings.